The number of amides is 1. The van der Waals surface area contributed by atoms with E-state index in [4.69, 9.17) is 4.42 Å². The predicted octanol–water partition coefficient (Wildman–Crippen LogP) is 4.72. The number of benzene rings is 1. The van der Waals surface area contributed by atoms with Crippen LogP contribution in [0.25, 0.3) is 22.0 Å². The molecule has 4 aromatic rings. The lowest BCUT2D eigenvalue weighted by Gasteiger charge is -2.10. The van der Waals surface area contributed by atoms with E-state index in [0.717, 1.165) is 34.2 Å². The molecule has 0 saturated carbocycles. The van der Waals surface area contributed by atoms with Gasteiger partial charge in [0.1, 0.15) is 11.3 Å². The molecule has 0 radical (unpaired) electrons. The Hall–Kier alpha value is -3.15. The molecule has 1 aromatic carbocycles. The molecule has 0 saturated heterocycles. The van der Waals surface area contributed by atoms with Gasteiger partial charge in [0.15, 0.2) is 5.65 Å². The molecule has 6 nitrogen and oxygen atoms in total. The number of furan rings is 1. The average Bonchev–Trinajstić information content (AvgIpc) is 3.29. The Morgan fingerprint density at radius 3 is 2.89 bits per heavy atom. The Bertz CT molecular complexity index is 1060. The van der Waals surface area contributed by atoms with Crippen molar-refractivity contribution in [3.05, 3.63) is 54.6 Å². The van der Waals surface area contributed by atoms with Crippen LogP contribution in [0.4, 0.5) is 5.69 Å². The molecule has 0 aliphatic heterocycles. The molecular formula is C21H22N4O2. The fourth-order valence-corrected chi connectivity index (χ4v) is 3.12. The third-order valence-electron chi connectivity index (χ3n) is 4.80. The molecule has 3 aromatic heterocycles. The van der Waals surface area contributed by atoms with E-state index in [-0.39, 0.29) is 5.91 Å². The van der Waals surface area contributed by atoms with E-state index in [9.17, 15) is 4.79 Å². The first-order valence-corrected chi connectivity index (χ1v) is 9.24. The molecule has 1 atom stereocenters. The predicted molar refractivity (Wildman–Crippen MR) is 106 cm³/mol. The van der Waals surface area contributed by atoms with Crippen molar-refractivity contribution in [2.45, 2.75) is 39.2 Å². The van der Waals surface area contributed by atoms with Gasteiger partial charge in [0, 0.05) is 23.6 Å². The summed E-state index contributed by atoms with van der Waals surface area (Å²) in [5, 5.41) is 9.30. The molecule has 0 bridgehead atoms. The number of pyridine rings is 1. The van der Waals surface area contributed by atoms with Crippen molar-refractivity contribution in [3.8, 4) is 0 Å². The first-order chi connectivity index (χ1) is 13.1. The third-order valence-corrected chi connectivity index (χ3v) is 4.80. The van der Waals surface area contributed by atoms with Crippen LogP contribution in [-0.4, -0.2) is 20.7 Å². The minimum atomic E-state index is -0.0640. The molecule has 6 heteroatoms. The first kappa shape index (κ1) is 17.3. The Morgan fingerprint density at radius 2 is 2.07 bits per heavy atom. The monoisotopic (exact) mass is 362 g/mol. The molecule has 27 heavy (non-hydrogen) atoms. The second-order valence-corrected chi connectivity index (χ2v) is 6.78. The van der Waals surface area contributed by atoms with E-state index in [2.05, 4.69) is 29.2 Å². The number of nitrogens with zero attached hydrogens (tertiary/aromatic N) is 3. The lowest BCUT2D eigenvalue weighted by Crippen LogP contribution is -2.12. The molecule has 1 amide bonds. The van der Waals surface area contributed by atoms with Crippen LogP contribution < -0.4 is 5.32 Å². The highest BCUT2D eigenvalue weighted by Crippen LogP contribution is 2.22. The summed E-state index contributed by atoms with van der Waals surface area (Å²) in [7, 11) is 0. The van der Waals surface area contributed by atoms with Crippen molar-refractivity contribution in [3.63, 3.8) is 0 Å². The van der Waals surface area contributed by atoms with Crippen molar-refractivity contribution >= 4 is 33.6 Å². The summed E-state index contributed by atoms with van der Waals surface area (Å²) >= 11 is 0. The minimum Gasteiger partial charge on any atom is -0.461 e. The van der Waals surface area contributed by atoms with Crippen LogP contribution >= 0.6 is 0 Å². The summed E-state index contributed by atoms with van der Waals surface area (Å²) in [4.78, 5) is 16.8. The van der Waals surface area contributed by atoms with Crippen molar-refractivity contribution in [1.82, 2.24) is 14.8 Å². The first-order valence-electron chi connectivity index (χ1n) is 9.24. The number of anilines is 1. The maximum absolute atomic E-state index is 12.3. The molecule has 1 unspecified atom stereocenters. The van der Waals surface area contributed by atoms with E-state index < -0.39 is 0 Å². The van der Waals surface area contributed by atoms with E-state index in [1.807, 2.05) is 41.1 Å². The van der Waals surface area contributed by atoms with Gasteiger partial charge in [-0.3, -0.25) is 4.79 Å². The Kier molecular flexibility index (Phi) is 4.62. The third kappa shape index (κ3) is 3.56. The maximum atomic E-state index is 12.3. The van der Waals surface area contributed by atoms with Crippen molar-refractivity contribution in [2.24, 2.45) is 0 Å². The Balaban J connectivity index is 1.41. The summed E-state index contributed by atoms with van der Waals surface area (Å²) in [6.07, 6.45) is 5.37. The Morgan fingerprint density at radius 1 is 1.22 bits per heavy atom. The normalized spacial score (nSPS) is 12.5. The number of carbonyl (C=O) groups is 1. The zero-order valence-corrected chi connectivity index (χ0v) is 15.5. The van der Waals surface area contributed by atoms with Gasteiger partial charge in [-0.25, -0.2) is 9.67 Å². The topological polar surface area (TPSA) is 73.0 Å². The second kappa shape index (κ2) is 7.23. The molecule has 3 heterocycles. The van der Waals surface area contributed by atoms with Crippen LogP contribution in [0.3, 0.4) is 0 Å². The molecular weight excluding hydrogens is 340 g/mol. The average molecular weight is 362 g/mol. The highest BCUT2D eigenvalue weighted by molar-refractivity contribution is 5.92. The molecule has 0 aliphatic carbocycles. The number of hydrogen-bond donors (Lipinski definition) is 1. The van der Waals surface area contributed by atoms with Crippen LogP contribution in [0.1, 0.15) is 38.5 Å². The second-order valence-electron chi connectivity index (χ2n) is 6.78. The van der Waals surface area contributed by atoms with Gasteiger partial charge >= 0.3 is 0 Å². The van der Waals surface area contributed by atoms with Gasteiger partial charge in [0.25, 0.3) is 0 Å². The fourth-order valence-electron chi connectivity index (χ4n) is 3.12. The number of hydrogen-bond acceptors (Lipinski definition) is 4. The SMILES string of the molecule is CCC(C)n1ncc2cc(NC(=O)CCc3cc4ccccc4o3)cnc21. The van der Waals surface area contributed by atoms with Crippen LogP contribution in [0.15, 0.2) is 53.2 Å². The van der Waals surface area contributed by atoms with Gasteiger partial charge in [-0.15, -0.1) is 0 Å². The van der Waals surface area contributed by atoms with Gasteiger partial charge in [-0.1, -0.05) is 25.1 Å². The lowest BCUT2D eigenvalue weighted by atomic mass is 10.2. The van der Waals surface area contributed by atoms with Crippen molar-refractivity contribution < 1.29 is 9.21 Å². The molecule has 4 rings (SSSR count). The molecule has 0 fully saturated rings. The van der Waals surface area contributed by atoms with Gasteiger partial charge < -0.3 is 9.73 Å². The van der Waals surface area contributed by atoms with Crippen LogP contribution in [0, 0.1) is 0 Å². The zero-order chi connectivity index (χ0) is 18.8. The summed E-state index contributed by atoms with van der Waals surface area (Å²) in [6, 6.07) is 12.0. The number of fused-ring (bicyclic) bond motifs is 2. The van der Waals surface area contributed by atoms with Crippen LogP contribution in [-0.2, 0) is 11.2 Å². The van der Waals surface area contributed by atoms with Gasteiger partial charge in [0.05, 0.1) is 24.1 Å². The van der Waals surface area contributed by atoms with E-state index in [1.165, 1.54) is 0 Å². The smallest absolute Gasteiger partial charge is 0.224 e. The van der Waals surface area contributed by atoms with E-state index in [1.54, 1.807) is 12.4 Å². The summed E-state index contributed by atoms with van der Waals surface area (Å²) in [5.41, 5.74) is 2.37. The van der Waals surface area contributed by atoms with Crippen LogP contribution in [0.2, 0.25) is 0 Å². The number of nitrogens with one attached hydrogen (secondary N) is 1. The molecule has 1 N–H and O–H groups in total. The number of para-hydroxylation sites is 1. The quantitative estimate of drug-likeness (QED) is 0.539. The summed E-state index contributed by atoms with van der Waals surface area (Å²) in [5.74, 6) is 0.751. The van der Waals surface area contributed by atoms with Crippen LogP contribution in [0.5, 0.6) is 0 Å². The number of aryl methyl sites for hydroxylation is 1. The molecule has 0 spiro atoms. The van der Waals surface area contributed by atoms with Gasteiger partial charge in [0.2, 0.25) is 5.91 Å². The fraction of sp³-hybridized carbons (Fsp3) is 0.286. The molecule has 0 aliphatic rings. The summed E-state index contributed by atoms with van der Waals surface area (Å²) < 4.78 is 7.68. The lowest BCUT2D eigenvalue weighted by molar-refractivity contribution is -0.116. The summed E-state index contributed by atoms with van der Waals surface area (Å²) in [6.45, 7) is 4.23. The van der Waals surface area contributed by atoms with Crippen molar-refractivity contribution in [2.75, 3.05) is 5.32 Å². The highest BCUT2D eigenvalue weighted by Gasteiger charge is 2.11. The standard InChI is InChI=1S/C21H22N4O2/c1-3-14(2)25-21-16(12-23-25)10-17(13-22-21)24-20(26)9-8-18-11-15-6-4-5-7-19(15)27-18/h4-7,10-14H,3,8-9H2,1-2H3,(H,24,26). The maximum Gasteiger partial charge on any atom is 0.224 e. The largest absolute Gasteiger partial charge is 0.461 e. The Labute approximate surface area is 157 Å². The minimum absolute atomic E-state index is 0.0640. The zero-order valence-electron chi connectivity index (χ0n) is 15.5. The highest BCUT2D eigenvalue weighted by atomic mass is 16.3. The van der Waals surface area contributed by atoms with Gasteiger partial charge in [-0.2, -0.15) is 5.10 Å². The van der Waals surface area contributed by atoms with Gasteiger partial charge in [-0.05, 0) is 31.5 Å². The van der Waals surface area contributed by atoms with E-state index in [0.29, 0.717) is 24.6 Å². The number of aromatic nitrogens is 3. The van der Waals surface area contributed by atoms with E-state index >= 15 is 0 Å². The molecule has 138 valence electrons. The van der Waals surface area contributed by atoms with Crippen molar-refractivity contribution in [1.29, 1.82) is 0 Å². The number of carbonyl (C=O) groups excluding carboxylic acids is 1. The number of rotatable bonds is 6.